The average Bonchev–Trinajstić information content (AvgIpc) is 2.60. The van der Waals surface area contributed by atoms with Crippen LogP contribution in [-0.4, -0.2) is 24.5 Å². The van der Waals surface area contributed by atoms with Crippen molar-refractivity contribution in [2.24, 2.45) is 0 Å². The fourth-order valence-corrected chi connectivity index (χ4v) is 1.78. The minimum atomic E-state index is -0.770. The smallest absolute Gasteiger partial charge is 0.338 e. The quantitative estimate of drug-likeness (QED) is 0.837. The van der Waals surface area contributed by atoms with Gasteiger partial charge in [0, 0.05) is 5.69 Å². The van der Waals surface area contributed by atoms with Crippen LogP contribution in [0.3, 0.4) is 0 Å². The zero-order chi connectivity index (χ0) is 17.4. The monoisotopic (exact) mass is 323 g/mol. The largest absolute Gasteiger partial charge is 0.452 e. The van der Waals surface area contributed by atoms with Crippen molar-refractivity contribution in [3.8, 4) is 6.07 Å². The number of nitrogens with one attached hydrogen (secondary N) is 2. The summed E-state index contributed by atoms with van der Waals surface area (Å²) >= 11 is 0. The Morgan fingerprint density at radius 1 is 1.04 bits per heavy atom. The number of para-hydroxylation sites is 1. The first kappa shape index (κ1) is 16.7. The van der Waals surface area contributed by atoms with Crippen LogP contribution >= 0.6 is 0 Å². The summed E-state index contributed by atoms with van der Waals surface area (Å²) in [6.07, 6.45) is 0. The second kappa shape index (κ2) is 8.10. The van der Waals surface area contributed by atoms with Crippen LogP contribution in [0.1, 0.15) is 15.9 Å². The van der Waals surface area contributed by atoms with Gasteiger partial charge in [-0.3, -0.25) is 10.1 Å². The van der Waals surface area contributed by atoms with E-state index in [1.54, 1.807) is 30.3 Å². The number of esters is 1. The van der Waals surface area contributed by atoms with Gasteiger partial charge in [0.05, 0.1) is 17.2 Å². The number of carbonyl (C=O) groups is 3. The lowest BCUT2D eigenvalue weighted by Crippen LogP contribution is -2.37. The Bertz CT molecular complexity index is 797. The maximum atomic E-state index is 11.8. The summed E-state index contributed by atoms with van der Waals surface area (Å²) in [5.74, 6) is -1.53. The molecule has 2 N–H and O–H groups in total. The van der Waals surface area contributed by atoms with E-state index in [4.69, 9.17) is 10.00 Å². The molecule has 7 heteroatoms. The number of benzene rings is 2. The number of imide groups is 1. The minimum Gasteiger partial charge on any atom is -0.452 e. The molecule has 0 fully saturated rings. The van der Waals surface area contributed by atoms with Crippen molar-refractivity contribution >= 4 is 23.6 Å². The molecule has 24 heavy (non-hydrogen) atoms. The highest BCUT2D eigenvalue weighted by Crippen LogP contribution is 2.06. The highest BCUT2D eigenvalue weighted by Gasteiger charge is 2.13. The average molecular weight is 323 g/mol. The molecule has 0 aromatic heterocycles. The first-order valence-electron chi connectivity index (χ1n) is 6.91. The van der Waals surface area contributed by atoms with Gasteiger partial charge < -0.3 is 10.1 Å². The van der Waals surface area contributed by atoms with Crippen molar-refractivity contribution in [2.75, 3.05) is 11.9 Å². The molecule has 7 nitrogen and oxygen atoms in total. The topological polar surface area (TPSA) is 108 Å². The number of nitriles is 1. The van der Waals surface area contributed by atoms with Gasteiger partial charge in [0.25, 0.3) is 5.91 Å². The van der Waals surface area contributed by atoms with Crippen LogP contribution in [0.4, 0.5) is 10.5 Å². The Morgan fingerprint density at radius 2 is 1.79 bits per heavy atom. The van der Waals surface area contributed by atoms with E-state index in [0.717, 1.165) is 0 Å². The SMILES string of the molecule is N#Cc1cccc(C(=O)OCC(=O)NC(=O)Nc2ccccc2)c1. The zero-order valence-corrected chi connectivity index (χ0v) is 12.5. The van der Waals surface area contributed by atoms with Gasteiger partial charge in [-0.1, -0.05) is 24.3 Å². The van der Waals surface area contributed by atoms with E-state index in [-0.39, 0.29) is 5.56 Å². The van der Waals surface area contributed by atoms with Crippen molar-refractivity contribution in [2.45, 2.75) is 0 Å². The third-order valence-corrected chi connectivity index (χ3v) is 2.85. The number of urea groups is 1. The molecule has 2 rings (SSSR count). The summed E-state index contributed by atoms with van der Waals surface area (Å²) in [6, 6.07) is 15.6. The van der Waals surface area contributed by atoms with E-state index in [1.165, 1.54) is 24.3 Å². The Labute approximate surface area is 137 Å². The number of carbonyl (C=O) groups excluding carboxylic acids is 3. The molecule has 0 unspecified atom stereocenters. The molecule has 0 saturated carbocycles. The van der Waals surface area contributed by atoms with Crippen LogP contribution in [0, 0.1) is 11.3 Å². The van der Waals surface area contributed by atoms with Crippen LogP contribution in [0.15, 0.2) is 54.6 Å². The predicted molar refractivity (Wildman–Crippen MR) is 85.0 cm³/mol. The third-order valence-electron chi connectivity index (χ3n) is 2.85. The van der Waals surface area contributed by atoms with Crippen molar-refractivity contribution < 1.29 is 19.1 Å². The van der Waals surface area contributed by atoms with E-state index >= 15 is 0 Å². The maximum Gasteiger partial charge on any atom is 0.338 e. The van der Waals surface area contributed by atoms with Gasteiger partial charge in [0.1, 0.15) is 0 Å². The standard InChI is InChI=1S/C17H13N3O4/c18-10-12-5-4-6-13(9-12)16(22)24-11-15(21)20-17(23)19-14-7-2-1-3-8-14/h1-9H,11H2,(H2,19,20,21,23). The normalized spacial score (nSPS) is 9.46. The van der Waals surface area contributed by atoms with Gasteiger partial charge in [0.2, 0.25) is 0 Å². The molecule has 0 spiro atoms. The van der Waals surface area contributed by atoms with E-state index in [9.17, 15) is 14.4 Å². The summed E-state index contributed by atoms with van der Waals surface area (Å²) in [5, 5.41) is 13.3. The minimum absolute atomic E-state index is 0.149. The molecule has 0 bridgehead atoms. The lowest BCUT2D eigenvalue weighted by atomic mass is 10.1. The summed E-state index contributed by atoms with van der Waals surface area (Å²) in [5.41, 5.74) is 0.972. The predicted octanol–water partition coefficient (Wildman–Crippen LogP) is 2.06. The number of ether oxygens (including phenoxy) is 1. The molecule has 3 amide bonds. The van der Waals surface area contributed by atoms with Crippen molar-refractivity contribution in [3.05, 3.63) is 65.7 Å². The van der Waals surface area contributed by atoms with E-state index in [0.29, 0.717) is 11.3 Å². The van der Waals surface area contributed by atoms with Crippen molar-refractivity contribution in [1.82, 2.24) is 5.32 Å². The van der Waals surface area contributed by atoms with E-state index in [2.05, 4.69) is 5.32 Å². The molecule has 2 aromatic rings. The second-order valence-corrected chi connectivity index (χ2v) is 4.64. The Kier molecular flexibility index (Phi) is 5.64. The van der Waals surface area contributed by atoms with Crippen LogP contribution < -0.4 is 10.6 Å². The third kappa shape index (κ3) is 4.96. The zero-order valence-electron chi connectivity index (χ0n) is 12.5. The summed E-state index contributed by atoms with van der Waals surface area (Å²) in [4.78, 5) is 35.0. The molecule has 2 aromatic carbocycles. The van der Waals surface area contributed by atoms with E-state index < -0.39 is 24.5 Å². The molecule has 0 aliphatic heterocycles. The molecule has 0 aliphatic rings. The maximum absolute atomic E-state index is 11.8. The van der Waals surface area contributed by atoms with Crippen molar-refractivity contribution in [1.29, 1.82) is 5.26 Å². The first-order chi connectivity index (χ1) is 11.6. The number of amides is 3. The van der Waals surface area contributed by atoms with Gasteiger partial charge in [0.15, 0.2) is 6.61 Å². The fourth-order valence-electron chi connectivity index (χ4n) is 1.78. The van der Waals surface area contributed by atoms with Crippen LogP contribution in [0.25, 0.3) is 0 Å². The Balaban J connectivity index is 1.81. The highest BCUT2D eigenvalue weighted by molar-refractivity contribution is 6.02. The molecule has 120 valence electrons. The highest BCUT2D eigenvalue weighted by atomic mass is 16.5. The molecule has 0 radical (unpaired) electrons. The van der Waals surface area contributed by atoms with Crippen LogP contribution in [0.2, 0.25) is 0 Å². The fraction of sp³-hybridized carbons (Fsp3) is 0.0588. The first-order valence-corrected chi connectivity index (χ1v) is 6.91. The number of rotatable bonds is 4. The molecule has 0 atom stereocenters. The summed E-state index contributed by atoms with van der Waals surface area (Å²) in [6.45, 7) is -0.613. The molecule has 0 heterocycles. The van der Waals surface area contributed by atoms with Crippen LogP contribution in [0.5, 0.6) is 0 Å². The van der Waals surface area contributed by atoms with Gasteiger partial charge in [-0.15, -0.1) is 0 Å². The van der Waals surface area contributed by atoms with Crippen LogP contribution in [-0.2, 0) is 9.53 Å². The molecule has 0 aliphatic carbocycles. The van der Waals surface area contributed by atoms with Crippen molar-refractivity contribution in [3.63, 3.8) is 0 Å². The Morgan fingerprint density at radius 3 is 2.50 bits per heavy atom. The van der Waals surface area contributed by atoms with E-state index in [1.807, 2.05) is 11.4 Å². The summed E-state index contributed by atoms with van der Waals surface area (Å²) in [7, 11) is 0. The number of nitrogens with zero attached hydrogens (tertiary/aromatic N) is 1. The molecular weight excluding hydrogens is 310 g/mol. The lowest BCUT2D eigenvalue weighted by Gasteiger charge is -2.07. The van der Waals surface area contributed by atoms with Gasteiger partial charge >= 0.3 is 12.0 Å². The number of anilines is 1. The van der Waals surface area contributed by atoms with Gasteiger partial charge in [-0.05, 0) is 30.3 Å². The lowest BCUT2D eigenvalue weighted by molar-refractivity contribution is -0.123. The second-order valence-electron chi connectivity index (χ2n) is 4.64. The number of hydrogen-bond acceptors (Lipinski definition) is 5. The summed E-state index contributed by atoms with van der Waals surface area (Å²) < 4.78 is 4.80. The van der Waals surface area contributed by atoms with Gasteiger partial charge in [-0.2, -0.15) is 5.26 Å². The Hall–Kier alpha value is -3.66. The molecule has 0 saturated heterocycles. The molecular formula is C17H13N3O4. The van der Waals surface area contributed by atoms with Gasteiger partial charge in [-0.25, -0.2) is 9.59 Å². The number of hydrogen-bond donors (Lipinski definition) is 2.